The Labute approximate surface area is 84.9 Å². The molecule has 0 aliphatic rings. The standard InChI is InChI=1S/C9H8ClF2NO/c1-5(10)9(14)13-6-2-3-7(11)8(12)4-6/h2-5H,1H3,(H,13,14). The monoisotopic (exact) mass is 219 g/mol. The van der Waals surface area contributed by atoms with Crippen LogP contribution in [0.3, 0.4) is 0 Å². The van der Waals surface area contributed by atoms with Crippen molar-refractivity contribution in [1.82, 2.24) is 0 Å². The Kier molecular flexibility index (Phi) is 3.41. The molecule has 0 saturated heterocycles. The maximum atomic E-state index is 12.7. The molecule has 14 heavy (non-hydrogen) atoms. The van der Waals surface area contributed by atoms with Gasteiger partial charge in [0.25, 0.3) is 0 Å². The molecule has 1 atom stereocenters. The summed E-state index contributed by atoms with van der Waals surface area (Å²) in [4.78, 5) is 11.0. The molecule has 1 rings (SSSR count). The lowest BCUT2D eigenvalue weighted by atomic mass is 10.3. The third-order valence-electron chi connectivity index (χ3n) is 1.55. The maximum absolute atomic E-state index is 12.7. The Morgan fingerprint density at radius 1 is 1.43 bits per heavy atom. The van der Waals surface area contributed by atoms with Crippen LogP contribution >= 0.6 is 11.6 Å². The molecule has 0 radical (unpaired) electrons. The highest BCUT2D eigenvalue weighted by molar-refractivity contribution is 6.32. The van der Waals surface area contributed by atoms with Gasteiger partial charge in [0.05, 0.1) is 0 Å². The number of anilines is 1. The fourth-order valence-electron chi connectivity index (χ4n) is 0.816. The lowest BCUT2D eigenvalue weighted by Crippen LogP contribution is -2.20. The van der Waals surface area contributed by atoms with Crippen molar-refractivity contribution in [2.24, 2.45) is 0 Å². The van der Waals surface area contributed by atoms with Gasteiger partial charge >= 0.3 is 0 Å². The number of carbonyl (C=O) groups excluding carboxylic acids is 1. The fraction of sp³-hybridized carbons (Fsp3) is 0.222. The van der Waals surface area contributed by atoms with Gasteiger partial charge in [0, 0.05) is 11.8 Å². The van der Waals surface area contributed by atoms with Crippen LogP contribution in [0.1, 0.15) is 6.92 Å². The molecule has 2 nitrogen and oxygen atoms in total. The smallest absolute Gasteiger partial charge is 0.242 e. The van der Waals surface area contributed by atoms with Gasteiger partial charge < -0.3 is 5.32 Å². The first kappa shape index (κ1) is 10.9. The molecule has 0 spiro atoms. The number of hydrogen-bond donors (Lipinski definition) is 1. The van der Waals surface area contributed by atoms with Gasteiger partial charge in [-0.3, -0.25) is 4.79 Å². The molecule has 5 heteroatoms. The third kappa shape index (κ3) is 2.67. The summed E-state index contributed by atoms with van der Waals surface area (Å²) in [6, 6.07) is 3.09. The normalized spacial score (nSPS) is 12.3. The van der Waals surface area contributed by atoms with Gasteiger partial charge in [-0.25, -0.2) is 8.78 Å². The Bertz CT molecular complexity index is 355. The molecular weight excluding hydrogens is 212 g/mol. The number of benzene rings is 1. The summed E-state index contributed by atoms with van der Waals surface area (Å²) in [5.74, 6) is -2.43. The molecule has 0 fully saturated rings. The van der Waals surface area contributed by atoms with E-state index < -0.39 is 22.9 Å². The topological polar surface area (TPSA) is 29.1 Å². The van der Waals surface area contributed by atoms with Gasteiger partial charge in [-0.15, -0.1) is 11.6 Å². The maximum Gasteiger partial charge on any atom is 0.242 e. The molecule has 0 aliphatic carbocycles. The fourth-order valence-corrected chi connectivity index (χ4v) is 0.870. The lowest BCUT2D eigenvalue weighted by Gasteiger charge is -2.06. The summed E-state index contributed by atoms with van der Waals surface area (Å²) in [6.45, 7) is 1.48. The first-order valence-corrected chi connectivity index (χ1v) is 4.34. The molecular formula is C9H8ClF2NO. The molecule has 1 aromatic carbocycles. The van der Waals surface area contributed by atoms with Crippen LogP contribution in [0.25, 0.3) is 0 Å². The highest BCUT2D eigenvalue weighted by atomic mass is 35.5. The van der Waals surface area contributed by atoms with E-state index >= 15 is 0 Å². The summed E-state index contributed by atoms with van der Waals surface area (Å²) in [5, 5.41) is 1.61. The van der Waals surface area contributed by atoms with Gasteiger partial charge in [-0.2, -0.15) is 0 Å². The van der Waals surface area contributed by atoms with Gasteiger partial charge in [-0.1, -0.05) is 0 Å². The van der Waals surface area contributed by atoms with Crippen LogP contribution < -0.4 is 5.32 Å². The summed E-state index contributed by atoms with van der Waals surface area (Å²) < 4.78 is 25.2. The van der Waals surface area contributed by atoms with E-state index in [1.165, 1.54) is 13.0 Å². The predicted octanol–water partition coefficient (Wildman–Crippen LogP) is 2.53. The number of halogens is 3. The van der Waals surface area contributed by atoms with Crippen molar-refractivity contribution in [1.29, 1.82) is 0 Å². The van der Waals surface area contributed by atoms with Crippen LogP contribution in [-0.2, 0) is 4.79 Å². The van der Waals surface area contributed by atoms with E-state index in [-0.39, 0.29) is 5.69 Å². The number of carbonyl (C=O) groups is 1. The van der Waals surface area contributed by atoms with Crippen molar-refractivity contribution in [3.8, 4) is 0 Å². The zero-order chi connectivity index (χ0) is 10.7. The molecule has 1 N–H and O–H groups in total. The lowest BCUT2D eigenvalue weighted by molar-refractivity contribution is -0.115. The van der Waals surface area contributed by atoms with Crippen molar-refractivity contribution in [2.45, 2.75) is 12.3 Å². The van der Waals surface area contributed by atoms with E-state index in [9.17, 15) is 13.6 Å². The third-order valence-corrected chi connectivity index (χ3v) is 1.75. The van der Waals surface area contributed by atoms with Crippen LogP contribution in [0.4, 0.5) is 14.5 Å². The molecule has 0 aromatic heterocycles. The average Bonchev–Trinajstić information content (AvgIpc) is 2.11. The number of nitrogens with one attached hydrogen (secondary N) is 1. The second-order valence-corrected chi connectivity index (χ2v) is 3.39. The summed E-state index contributed by atoms with van der Waals surface area (Å²) in [5.41, 5.74) is 0.182. The minimum absolute atomic E-state index is 0.182. The molecule has 0 saturated carbocycles. The second-order valence-electron chi connectivity index (χ2n) is 2.73. The molecule has 0 aliphatic heterocycles. The second kappa shape index (κ2) is 4.37. The number of rotatable bonds is 2. The zero-order valence-electron chi connectivity index (χ0n) is 7.35. The average molecular weight is 220 g/mol. The van der Waals surface area contributed by atoms with Gasteiger partial charge in [0.1, 0.15) is 5.38 Å². The Balaban J connectivity index is 2.78. The van der Waals surface area contributed by atoms with E-state index in [0.717, 1.165) is 12.1 Å². The molecule has 0 bridgehead atoms. The Morgan fingerprint density at radius 2 is 2.07 bits per heavy atom. The molecule has 1 amide bonds. The SMILES string of the molecule is CC(Cl)C(=O)Nc1ccc(F)c(F)c1. The predicted molar refractivity (Wildman–Crippen MR) is 50.3 cm³/mol. The van der Waals surface area contributed by atoms with Crippen molar-refractivity contribution in [3.05, 3.63) is 29.8 Å². The van der Waals surface area contributed by atoms with Gasteiger partial charge in [0.15, 0.2) is 11.6 Å². The number of hydrogen-bond acceptors (Lipinski definition) is 1. The van der Waals surface area contributed by atoms with Crippen LogP contribution in [0.15, 0.2) is 18.2 Å². The largest absolute Gasteiger partial charge is 0.325 e. The first-order valence-electron chi connectivity index (χ1n) is 3.90. The zero-order valence-corrected chi connectivity index (χ0v) is 8.11. The minimum atomic E-state index is -1.01. The summed E-state index contributed by atoms with van der Waals surface area (Å²) in [6.07, 6.45) is 0. The molecule has 1 unspecified atom stereocenters. The van der Waals surface area contributed by atoms with E-state index in [4.69, 9.17) is 11.6 Å². The van der Waals surface area contributed by atoms with E-state index in [0.29, 0.717) is 0 Å². The summed E-state index contributed by atoms with van der Waals surface area (Å²) in [7, 11) is 0. The highest BCUT2D eigenvalue weighted by Crippen LogP contribution is 2.13. The van der Waals surface area contributed by atoms with Crippen LogP contribution in [0, 0.1) is 11.6 Å². The molecule has 0 heterocycles. The van der Waals surface area contributed by atoms with Gasteiger partial charge in [-0.05, 0) is 19.1 Å². The van der Waals surface area contributed by atoms with Gasteiger partial charge in [0.2, 0.25) is 5.91 Å². The van der Waals surface area contributed by atoms with E-state index in [1.54, 1.807) is 0 Å². The molecule has 76 valence electrons. The minimum Gasteiger partial charge on any atom is -0.325 e. The van der Waals surface area contributed by atoms with Crippen LogP contribution in [0.5, 0.6) is 0 Å². The van der Waals surface area contributed by atoms with Crippen molar-refractivity contribution in [2.75, 3.05) is 5.32 Å². The number of alkyl halides is 1. The molecule has 1 aromatic rings. The Morgan fingerprint density at radius 3 is 2.57 bits per heavy atom. The Hall–Kier alpha value is -1.16. The van der Waals surface area contributed by atoms with E-state index in [1.807, 2.05) is 0 Å². The summed E-state index contributed by atoms with van der Waals surface area (Å²) >= 11 is 5.47. The quantitative estimate of drug-likeness (QED) is 0.761. The van der Waals surface area contributed by atoms with Crippen molar-refractivity contribution in [3.63, 3.8) is 0 Å². The van der Waals surface area contributed by atoms with Crippen LogP contribution in [-0.4, -0.2) is 11.3 Å². The first-order chi connectivity index (χ1) is 6.50. The number of amides is 1. The van der Waals surface area contributed by atoms with Crippen molar-refractivity contribution >= 4 is 23.2 Å². The van der Waals surface area contributed by atoms with Crippen molar-refractivity contribution < 1.29 is 13.6 Å². The van der Waals surface area contributed by atoms with Crippen LogP contribution in [0.2, 0.25) is 0 Å². The highest BCUT2D eigenvalue weighted by Gasteiger charge is 2.10. The van der Waals surface area contributed by atoms with E-state index in [2.05, 4.69) is 5.32 Å².